The van der Waals surface area contributed by atoms with Crippen LogP contribution in [0.3, 0.4) is 0 Å². The summed E-state index contributed by atoms with van der Waals surface area (Å²) < 4.78 is 85.5. The molecule has 178 valence electrons. The van der Waals surface area contributed by atoms with Crippen LogP contribution in [0.1, 0.15) is 37.5 Å². The third kappa shape index (κ3) is 5.15. The van der Waals surface area contributed by atoms with Gasteiger partial charge in [0.15, 0.2) is 0 Å². The summed E-state index contributed by atoms with van der Waals surface area (Å²) in [5, 5.41) is 9.45. The maximum Gasteiger partial charge on any atom is 0.416 e. The molecule has 0 amide bonds. The number of halogens is 6. The fraction of sp³-hybridized carbons (Fsp3) is 0.120. The van der Waals surface area contributed by atoms with Gasteiger partial charge in [-0.25, -0.2) is 0 Å². The maximum absolute atomic E-state index is 13.2. The number of alkyl halides is 6. The van der Waals surface area contributed by atoms with Gasteiger partial charge in [-0.05, 0) is 60.2 Å². The molecule has 0 unspecified atom stereocenters. The number of benzene rings is 3. The van der Waals surface area contributed by atoms with Crippen molar-refractivity contribution in [3.05, 3.63) is 99.4 Å². The molecule has 35 heavy (non-hydrogen) atoms. The van der Waals surface area contributed by atoms with Gasteiger partial charge in [0.2, 0.25) is 5.78 Å². The molecular formula is C25H13F6NO2S. The van der Waals surface area contributed by atoms with E-state index < -0.39 is 35.9 Å². The molecule has 0 aliphatic carbocycles. The van der Waals surface area contributed by atoms with E-state index >= 15 is 0 Å². The molecule has 0 atom stereocenters. The number of hydrogen-bond donors (Lipinski definition) is 0. The Kier molecular flexibility index (Phi) is 6.30. The first kappa shape index (κ1) is 24.3. The highest BCUT2D eigenvalue weighted by molar-refractivity contribution is 7.21. The predicted octanol–water partition coefficient (Wildman–Crippen LogP) is 7.62. The van der Waals surface area contributed by atoms with E-state index in [-0.39, 0.29) is 27.8 Å². The zero-order valence-corrected chi connectivity index (χ0v) is 18.3. The number of thiophene rings is 1. The van der Waals surface area contributed by atoms with Crippen LogP contribution in [0.2, 0.25) is 0 Å². The fourth-order valence-electron chi connectivity index (χ4n) is 3.40. The summed E-state index contributed by atoms with van der Waals surface area (Å²) in [5.41, 5.74) is -2.65. The molecule has 0 bridgehead atoms. The van der Waals surface area contributed by atoms with Crippen LogP contribution in [-0.4, -0.2) is 5.78 Å². The first-order valence-corrected chi connectivity index (χ1v) is 10.8. The van der Waals surface area contributed by atoms with E-state index in [2.05, 4.69) is 0 Å². The second-order valence-corrected chi connectivity index (χ2v) is 8.53. The Labute approximate surface area is 198 Å². The smallest absolute Gasteiger partial charge is 0.416 e. The van der Waals surface area contributed by atoms with E-state index in [1.54, 1.807) is 24.3 Å². The van der Waals surface area contributed by atoms with Crippen molar-refractivity contribution < 1.29 is 35.9 Å². The molecule has 4 rings (SSSR count). The lowest BCUT2D eigenvalue weighted by atomic mass is 10.0. The molecule has 0 saturated heterocycles. The van der Waals surface area contributed by atoms with Gasteiger partial charge in [-0.3, -0.25) is 4.79 Å². The minimum absolute atomic E-state index is 0.0450. The first-order chi connectivity index (χ1) is 16.5. The van der Waals surface area contributed by atoms with E-state index in [0.717, 1.165) is 11.3 Å². The Morgan fingerprint density at radius 2 is 1.49 bits per heavy atom. The second-order valence-electron chi connectivity index (χ2n) is 7.48. The SMILES string of the molecule is N#Cc1ccc(C(=O)c2sc3ccccc3c2OCc2cc(C(F)(F)F)cc(C(F)(F)F)c2)cc1. The van der Waals surface area contributed by atoms with E-state index in [1.165, 1.54) is 24.3 Å². The van der Waals surface area contributed by atoms with Gasteiger partial charge in [0.1, 0.15) is 17.2 Å². The molecule has 0 spiro atoms. The highest BCUT2D eigenvalue weighted by Gasteiger charge is 2.37. The van der Waals surface area contributed by atoms with Crippen molar-refractivity contribution in [2.75, 3.05) is 0 Å². The van der Waals surface area contributed by atoms with Crippen LogP contribution < -0.4 is 4.74 Å². The van der Waals surface area contributed by atoms with Gasteiger partial charge in [0.05, 0.1) is 22.8 Å². The lowest BCUT2D eigenvalue weighted by molar-refractivity contribution is -0.143. The van der Waals surface area contributed by atoms with Crippen molar-refractivity contribution in [1.29, 1.82) is 5.26 Å². The highest BCUT2D eigenvalue weighted by Crippen LogP contribution is 2.40. The molecule has 0 radical (unpaired) electrons. The number of ketones is 1. The topological polar surface area (TPSA) is 50.1 Å². The average molecular weight is 505 g/mol. The van der Waals surface area contributed by atoms with Gasteiger partial charge in [0, 0.05) is 15.6 Å². The molecule has 0 N–H and O–H groups in total. The minimum atomic E-state index is -4.98. The van der Waals surface area contributed by atoms with Gasteiger partial charge in [-0.2, -0.15) is 31.6 Å². The van der Waals surface area contributed by atoms with Gasteiger partial charge in [0.25, 0.3) is 0 Å². The van der Waals surface area contributed by atoms with Crippen LogP contribution in [-0.2, 0) is 19.0 Å². The molecule has 1 heterocycles. The monoisotopic (exact) mass is 505 g/mol. The molecule has 3 nitrogen and oxygen atoms in total. The van der Waals surface area contributed by atoms with Crippen molar-refractivity contribution in [3.63, 3.8) is 0 Å². The zero-order chi connectivity index (χ0) is 25.4. The Bertz CT molecular complexity index is 1410. The quantitative estimate of drug-likeness (QED) is 0.207. The van der Waals surface area contributed by atoms with E-state index in [1.807, 2.05) is 6.07 Å². The molecule has 4 aromatic rings. The summed E-state index contributed by atoms with van der Waals surface area (Å²) in [5.74, 6) is -0.392. The van der Waals surface area contributed by atoms with Gasteiger partial charge < -0.3 is 4.74 Å². The van der Waals surface area contributed by atoms with Crippen molar-refractivity contribution >= 4 is 27.2 Å². The number of nitriles is 1. The number of hydrogen-bond acceptors (Lipinski definition) is 4. The van der Waals surface area contributed by atoms with E-state index in [9.17, 15) is 31.1 Å². The molecular weight excluding hydrogens is 492 g/mol. The lowest BCUT2D eigenvalue weighted by Crippen LogP contribution is -2.12. The van der Waals surface area contributed by atoms with Gasteiger partial charge in [-0.15, -0.1) is 11.3 Å². The van der Waals surface area contributed by atoms with Crippen LogP contribution in [0.15, 0.2) is 66.7 Å². The number of fused-ring (bicyclic) bond motifs is 1. The lowest BCUT2D eigenvalue weighted by Gasteiger charge is -2.15. The largest absolute Gasteiger partial charge is 0.487 e. The standard InChI is InChI=1S/C25H13F6NO2S/c26-24(27,28)17-9-15(10-18(11-17)25(29,30)31)13-34-22-19-3-1-2-4-20(19)35-23(22)21(33)16-7-5-14(12-32)6-8-16/h1-11H,13H2. The summed E-state index contributed by atoms with van der Waals surface area (Å²) in [4.78, 5) is 13.3. The molecule has 0 saturated carbocycles. The van der Waals surface area contributed by atoms with E-state index in [4.69, 9.17) is 10.00 Å². The van der Waals surface area contributed by atoms with Crippen molar-refractivity contribution in [2.45, 2.75) is 19.0 Å². The first-order valence-electron chi connectivity index (χ1n) is 9.95. The third-order valence-corrected chi connectivity index (χ3v) is 6.21. The summed E-state index contributed by atoms with van der Waals surface area (Å²) in [6.07, 6.45) is -9.97. The van der Waals surface area contributed by atoms with Crippen molar-refractivity contribution in [3.8, 4) is 11.8 Å². The van der Waals surface area contributed by atoms with Crippen molar-refractivity contribution in [2.24, 2.45) is 0 Å². The number of carbonyl (C=O) groups is 1. The van der Waals surface area contributed by atoms with Crippen LogP contribution in [0.4, 0.5) is 26.3 Å². The number of nitrogens with zero attached hydrogens (tertiary/aromatic N) is 1. The number of ether oxygens (including phenoxy) is 1. The Hall–Kier alpha value is -3.84. The molecule has 0 aliphatic rings. The molecule has 3 aromatic carbocycles. The Morgan fingerprint density at radius 1 is 0.886 bits per heavy atom. The molecule has 1 aromatic heterocycles. The Balaban J connectivity index is 1.73. The molecule has 0 fully saturated rings. The highest BCUT2D eigenvalue weighted by atomic mass is 32.1. The summed E-state index contributed by atoms with van der Waals surface area (Å²) in [6.45, 7) is -0.624. The fourth-order valence-corrected chi connectivity index (χ4v) is 4.51. The third-order valence-electron chi connectivity index (χ3n) is 5.06. The van der Waals surface area contributed by atoms with E-state index in [0.29, 0.717) is 27.8 Å². The second kappa shape index (κ2) is 9.07. The Morgan fingerprint density at radius 3 is 2.06 bits per heavy atom. The van der Waals surface area contributed by atoms with Crippen LogP contribution in [0.5, 0.6) is 5.75 Å². The summed E-state index contributed by atoms with van der Waals surface area (Å²) in [6, 6.07) is 15.8. The molecule has 0 aliphatic heterocycles. The van der Waals surface area contributed by atoms with Crippen LogP contribution in [0.25, 0.3) is 10.1 Å². The van der Waals surface area contributed by atoms with Crippen LogP contribution in [0, 0.1) is 11.3 Å². The predicted molar refractivity (Wildman–Crippen MR) is 117 cm³/mol. The maximum atomic E-state index is 13.2. The summed E-state index contributed by atoms with van der Waals surface area (Å²) in [7, 11) is 0. The normalized spacial score (nSPS) is 11.9. The van der Waals surface area contributed by atoms with Gasteiger partial charge in [-0.1, -0.05) is 12.1 Å². The number of carbonyl (C=O) groups excluding carboxylic acids is 1. The summed E-state index contributed by atoms with van der Waals surface area (Å²) >= 11 is 1.09. The minimum Gasteiger partial charge on any atom is -0.487 e. The number of rotatable bonds is 5. The van der Waals surface area contributed by atoms with Crippen molar-refractivity contribution in [1.82, 2.24) is 0 Å². The zero-order valence-electron chi connectivity index (χ0n) is 17.5. The van der Waals surface area contributed by atoms with Crippen LogP contribution >= 0.6 is 11.3 Å². The molecule has 10 heteroatoms. The average Bonchev–Trinajstić information content (AvgIpc) is 3.19. The van der Waals surface area contributed by atoms with Gasteiger partial charge >= 0.3 is 12.4 Å².